The van der Waals surface area contributed by atoms with E-state index in [4.69, 9.17) is 4.42 Å². The Labute approximate surface area is 121 Å². The predicted octanol–water partition coefficient (Wildman–Crippen LogP) is 3.26. The minimum absolute atomic E-state index is 0.105. The van der Waals surface area contributed by atoms with E-state index < -0.39 is 11.7 Å². The number of rotatable bonds is 4. The van der Waals surface area contributed by atoms with Crippen molar-refractivity contribution < 1.29 is 13.6 Å². The van der Waals surface area contributed by atoms with Crippen molar-refractivity contribution in [2.75, 3.05) is 10.6 Å². The van der Waals surface area contributed by atoms with Crippen LogP contribution < -0.4 is 10.6 Å². The summed E-state index contributed by atoms with van der Waals surface area (Å²) in [6.07, 6.45) is 2.12. The molecule has 0 radical (unpaired) electrons. The molecule has 1 saturated carbocycles. The van der Waals surface area contributed by atoms with Crippen molar-refractivity contribution in [2.45, 2.75) is 32.7 Å². The van der Waals surface area contributed by atoms with Crippen LogP contribution in [-0.2, 0) is 0 Å². The van der Waals surface area contributed by atoms with Crippen molar-refractivity contribution in [3.63, 3.8) is 0 Å². The number of hydrogen-bond acceptors (Lipinski definition) is 4. The lowest BCUT2D eigenvalue weighted by atomic mass is 10.2. The van der Waals surface area contributed by atoms with E-state index in [1.165, 1.54) is 6.07 Å². The molecule has 3 rings (SSSR count). The molecule has 110 valence electrons. The van der Waals surface area contributed by atoms with Crippen LogP contribution in [0.15, 0.2) is 22.6 Å². The molecule has 21 heavy (non-hydrogen) atoms. The van der Waals surface area contributed by atoms with Crippen molar-refractivity contribution in [2.24, 2.45) is 0 Å². The van der Waals surface area contributed by atoms with Gasteiger partial charge in [0.15, 0.2) is 5.89 Å². The summed E-state index contributed by atoms with van der Waals surface area (Å²) in [5, 5.41) is 5.77. The summed E-state index contributed by atoms with van der Waals surface area (Å²) in [5.74, 6) is -0.476. The van der Waals surface area contributed by atoms with Gasteiger partial charge in [0.1, 0.15) is 11.5 Å². The number of nitrogens with zero attached hydrogens (tertiary/aromatic N) is 1. The van der Waals surface area contributed by atoms with E-state index in [1.54, 1.807) is 26.0 Å². The lowest BCUT2D eigenvalue weighted by molar-refractivity contribution is 0.0994. The summed E-state index contributed by atoms with van der Waals surface area (Å²) < 4.78 is 19.3. The first kappa shape index (κ1) is 13.6. The third kappa shape index (κ3) is 2.89. The zero-order valence-electron chi connectivity index (χ0n) is 11.9. The number of para-hydroxylation sites is 1. The average Bonchev–Trinajstić information content (AvgIpc) is 3.17. The van der Waals surface area contributed by atoms with Gasteiger partial charge >= 0.3 is 0 Å². The molecule has 5 nitrogen and oxygen atoms in total. The molecule has 1 amide bonds. The van der Waals surface area contributed by atoms with Crippen LogP contribution in [0.3, 0.4) is 0 Å². The highest BCUT2D eigenvalue weighted by molar-refractivity contribution is 6.04. The fraction of sp³-hybridized carbons (Fsp3) is 0.333. The molecule has 1 aliphatic rings. The van der Waals surface area contributed by atoms with Gasteiger partial charge in [0.05, 0.1) is 11.4 Å². The van der Waals surface area contributed by atoms with Crippen molar-refractivity contribution in [3.05, 3.63) is 41.4 Å². The minimum atomic E-state index is -0.503. The summed E-state index contributed by atoms with van der Waals surface area (Å²) in [6.45, 7) is 3.34. The Balaban J connectivity index is 1.86. The fourth-order valence-electron chi connectivity index (χ4n) is 2.13. The van der Waals surface area contributed by atoms with Gasteiger partial charge in [-0.1, -0.05) is 6.07 Å². The Morgan fingerprint density at radius 2 is 2.14 bits per heavy atom. The van der Waals surface area contributed by atoms with Crippen molar-refractivity contribution in [1.29, 1.82) is 0 Å². The van der Waals surface area contributed by atoms with E-state index in [-0.39, 0.29) is 11.4 Å². The largest absolute Gasteiger partial charge is 0.436 e. The van der Waals surface area contributed by atoms with Crippen LogP contribution in [0, 0.1) is 19.7 Å². The van der Waals surface area contributed by atoms with E-state index in [2.05, 4.69) is 15.6 Å². The van der Waals surface area contributed by atoms with Crippen LogP contribution >= 0.6 is 0 Å². The quantitative estimate of drug-likeness (QED) is 0.906. The SMILES string of the molecule is Cc1nc(C)c(C(=O)Nc2c(F)cccc2NC2CC2)o1. The maximum absolute atomic E-state index is 14.0. The average molecular weight is 289 g/mol. The van der Waals surface area contributed by atoms with Crippen LogP contribution in [0.2, 0.25) is 0 Å². The van der Waals surface area contributed by atoms with Gasteiger partial charge in [0, 0.05) is 13.0 Å². The number of anilines is 2. The standard InChI is InChI=1S/C15H16FN3O2/c1-8-14(21-9(2)17-8)15(20)19-13-11(16)4-3-5-12(13)18-10-6-7-10/h3-5,10,18H,6-7H2,1-2H3,(H,19,20). The number of carbonyl (C=O) groups is 1. The molecule has 6 heteroatoms. The van der Waals surface area contributed by atoms with Crippen molar-refractivity contribution in [1.82, 2.24) is 4.98 Å². The number of halogens is 1. The first-order valence-electron chi connectivity index (χ1n) is 6.85. The molecule has 0 aliphatic heterocycles. The highest BCUT2D eigenvalue weighted by Gasteiger charge is 2.24. The van der Waals surface area contributed by atoms with E-state index in [0.29, 0.717) is 23.3 Å². The zero-order chi connectivity index (χ0) is 15.0. The van der Waals surface area contributed by atoms with Gasteiger partial charge in [0.2, 0.25) is 5.76 Å². The second-order valence-corrected chi connectivity index (χ2v) is 5.18. The number of nitrogens with one attached hydrogen (secondary N) is 2. The van der Waals surface area contributed by atoms with Crippen LogP contribution in [0.4, 0.5) is 15.8 Å². The molecular formula is C15H16FN3O2. The van der Waals surface area contributed by atoms with Gasteiger partial charge in [-0.3, -0.25) is 4.79 Å². The third-order valence-electron chi connectivity index (χ3n) is 3.30. The number of benzene rings is 1. The molecule has 1 heterocycles. The van der Waals surface area contributed by atoms with E-state index in [0.717, 1.165) is 12.8 Å². The van der Waals surface area contributed by atoms with E-state index in [9.17, 15) is 9.18 Å². The molecule has 2 aromatic rings. The van der Waals surface area contributed by atoms with Crippen LogP contribution in [0.5, 0.6) is 0 Å². The molecule has 1 fully saturated rings. The lowest BCUT2D eigenvalue weighted by Gasteiger charge is -2.12. The zero-order valence-corrected chi connectivity index (χ0v) is 11.9. The number of amides is 1. The maximum atomic E-state index is 14.0. The number of aryl methyl sites for hydroxylation is 2. The molecular weight excluding hydrogens is 273 g/mol. The summed E-state index contributed by atoms with van der Waals surface area (Å²) in [5.41, 5.74) is 1.21. The predicted molar refractivity (Wildman–Crippen MR) is 77.0 cm³/mol. The first-order valence-corrected chi connectivity index (χ1v) is 6.85. The Bertz CT molecular complexity index is 692. The monoisotopic (exact) mass is 289 g/mol. The van der Waals surface area contributed by atoms with Gasteiger partial charge in [-0.05, 0) is 31.9 Å². The fourth-order valence-corrected chi connectivity index (χ4v) is 2.13. The van der Waals surface area contributed by atoms with Gasteiger partial charge in [0.25, 0.3) is 5.91 Å². The van der Waals surface area contributed by atoms with Crippen molar-refractivity contribution in [3.8, 4) is 0 Å². The summed E-state index contributed by atoms with van der Waals surface area (Å²) in [6, 6.07) is 5.03. The Morgan fingerprint density at radius 1 is 1.38 bits per heavy atom. The molecule has 1 aliphatic carbocycles. The van der Waals surface area contributed by atoms with Gasteiger partial charge < -0.3 is 15.1 Å². The summed E-state index contributed by atoms with van der Waals surface area (Å²) in [7, 11) is 0. The highest BCUT2D eigenvalue weighted by atomic mass is 19.1. The second-order valence-electron chi connectivity index (χ2n) is 5.18. The highest BCUT2D eigenvalue weighted by Crippen LogP contribution is 2.31. The maximum Gasteiger partial charge on any atom is 0.293 e. The Kier molecular flexibility index (Phi) is 3.37. The molecule has 0 unspecified atom stereocenters. The number of oxazole rings is 1. The molecule has 2 N–H and O–H groups in total. The molecule has 1 aromatic heterocycles. The van der Waals surface area contributed by atoms with E-state index >= 15 is 0 Å². The van der Waals surface area contributed by atoms with Crippen LogP contribution in [0.25, 0.3) is 0 Å². The molecule has 0 spiro atoms. The Morgan fingerprint density at radius 3 is 2.76 bits per heavy atom. The number of hydrogen-bond donors (Lipinski definition) is 2. The molecule has 1 aromatic carbocycles. The molecule has 0 saturated heterocycles. The molecule has 0 bridgehead atoms. The smallest absolute Gasteiger partial charge is 0.293 e. The molecule has 0 atom stereocenters. The van der Waals surface area contributed by atoms with Crippen LogP contribution in [-0.4, -0.2) is 16.9 Å². The van der Waals surface area contributed by atoms with Gasteiger partial charge in [-0.2, -0.15) is 0 Å². The Hall–Kier alpha value is -2.37. The first-order chi connectivity index (χ1) is 10.0. The lowest BCUT2D eigenvalue weighted by Crippen LogP contribution is -2.16. The normalized spacial score (nSPS) is 14.0. The topological polar surface area (TPSA) is 67.2 Å². The van der Waals surface area contributed by atoms with Crippen molar-refractivity contribution >= 4 is 17.3 Å². The summed E-state index contributed by atoms with van der Waals surface area (Å²) >= 11 is 0. The summed E-state index contributed by atoms with van der Waals surface area (Å²) in [4.78, 5) is 16.3. The van der Waals surface area contributed by atoms with Gasteiger partial charge in [-0.25, -0.2) is 9.37 Å². The third-order valence-corrected chi connectivity index (χ3v) is 3.30. The van der Waals surface area contributed by atoms with Crippen LogP contribution in [0.1, 0.15) is 35.0 Å². The van der Waals surface area contributed by atoms with Gasteiger partial charge in [-0.15, -0.1) is 0 Å². The second kappa shape index (κ2) is 5.20. The van der Waals surface area contributed by atoms with E-state index in [1.807, 2.05) is 0 Å². The minimum Gasteiger partial charge on any atom is -0.436 e. The number of aromatic nitrogens is 1. The number of carbonyl (C=O) groups excluding carboxylic acids is 1.